The molecule has 0 radical (unpaired) electrons. The van der Waals surface area contributed by atoms with Gasteiger partial charge < -0.3 is 10.4 Å². The summed E-state index contributed by atoms with van der Waals surface area (Å²) in [6.07, 6.45) is 0.515. The highest BCUT2D eigenvalue weighted by atomic mass is 16.3. The number of hydrogen-bond acceptors (Lipinski definition) is 5. The summed E-state index contributed by atoms with van der Waals surface area (Å²) in [5, 5.41) is 24.2. The van der Waals surface area contributed by atoms with Crippen molar-refractivity contribution >= 4 is 5.91 Å². The van der Waals surface area contributed by atoms with Crippen molar-refractivity contribution in [2.75, 3.05) is 6.61 Å². The highest BCUT2D eigenvalue weighted by molar-refractivity contribution is 5.90. The first-order chi connectivity index (χ1) is 7.15. The van der Waals surface area contributed by atoms with Crippen molar-refractivity contribution in [3.63, 3.8) is 0 Å². The number of tetrazole rings is 1. The molecular formula is C8H15N5O2. The van der Waals surface area contributed by atoms with Crippen LogP contribution in [0.15, 0.2) is 0 Å². The molecule has 7 nitrogen and oxygen atoms in total. The second-order valence-corrected chi connectivity index (χ2v) is 3.57. The molecule has 0 bridgehead atoms. The number of H-pyrrole nitrogens is 1. The van der Waals surface area contributed by atoms with E-state index in [9.17, 15) is 4.79 Å². The van der Waals surface area contributed by atoms with Gasteiger partial charge in [-0.05, 0) is 17.6 Å². The number of nitrogens with zero attached hydrogens (tertiary/aromatic N) is 3. The average Bonchev–Trinajstić information content (AvgIpc) is 2.69. The zero-order valence-electron chi connectivity index (χ0n) is 8.77. The van der Waals surface area contributed by atoms with Crippen LogP contribution in [-0.2, 0) is 0 Å². The van der Waals surface area contributed by atoms with Crippen LogP contribution in [0, 0.1) is 5.92 Å². The summed E-state index contributed by atoms with van der Waals surface area (Å²) in [5.41, 5.74) is 0. The molecule has 7 heteroatoms. The smallest absolute Gasteiger partial charge is 0.293 e. The average molecular weight is 213 g/mol. The standard InChI is InChI=1S/C8H15N5O2/c1-5(2)6(3-4-14)9-8(15)7-10-12-13-11-7/h5-6,14H,3-4H2,1-2H3,(H,9,15)(H,10,11,12,13). The minimum atomic E-state index is -0.379. The summed E-state index contributed by atoms with van der Waals surface area (Å²) in [5.74, 6) is -0.123. The summed E-state index contributed by atoms with van der Waals surface area (Å²) in [6, 6.07) is -0.0824. The Morgan fingerprint density at radius 3 is 2.80 bits per heavy atom. The van der Waals surface area contributed by atoms with Crippen LogP contribution in [-0.4, -0.2) is 44.3 Å². The van der Waals surface area contributed by atoms with Gasteiger partial charge in [0.1, 0.15) is 0 Å². The zero-order chi connectivity index (χ0) is 11.3. The fraction of sp³-hybridized carbons (Fsp3) is 0.750. The zero-order valence-corrected chi connectivity index (χ0v) is 8.77. The van der Waals surface area contributed by atoms with E-state index in [0.717, 1.165) is 0 Å². The van der Waals surface area contributed by atoms with Crippen LogP contribution in [0.25, 0.3) is 0 Å². The molecule has 1 amide bonds. The number of aromatic nitrogens is 4. The molecule has 0 aliphatic heterocycles. The molecule has 0 fully saturated rings. The van der Waals surface area contributed by atoms with Crippen LogP contribution in [0.5, 0.6) is 0 Å². The molecule has 0 saturated carbocycles. The Morgan fingerprint density at radius 1 is 1.60 bits per heavy atom. The first-order valence-electron chi connectivity index (χ1n) is 4.80. The quantitative estimate of drug-likeness (QED) is 0.602. The summed E-state index contributed by atoms with van der Waals surface area (Å²) in [6.45, 7) is 3.98. The Morgan fingerprint density at radius 2 is 2.33 bits per heavy atom. The summed E-state index contributed by atoms with van der Waals surface area (Å²) < 4.78 is 0. The minimum Gasteiger partial charge on any atom is -0.396 e. The largest absolute Gasteiger partial charge is 0.396 e. The van der Waals surface area contributed by atoms with Crippen LogP contribution in [0.4, 0.5) is 0 Å². The number of aliphatic hydroxyl groups excluding tert-OH is 1. The number of nitrogens with one attached hydrogen (secondary N) is 2. The van der Waals surface area contributed by atoms with Crippen molar-refractivity contribution in [3.8, 4) is 0 Å². The third-order valence-electron chi connectivity index (χ3n) is 2.11. The number of aliphatic hydroxyl groups is 1. The van der Waals surface area contributed by atoms with E-state index in [1.807, 2.05) is 13.8 Å². The van der Waals surface area contributed by atoms with Gasteiger partial charge in [0.25, 0.3) is 11.7 Å². The summed E-state index contributed by atoms with van der Waals surface area (Å²) in [4.78, 5) is 11.5. The SMILES string of the molecule is CC(C)C(CCO)NC(=O)c1nn[nH]n1. The maximum Gasteiger partial charge on any atom is 0.293 e. The molecule has 1 aromatic heterocycles. The second-order valence-electron chi connectivity index (χ2n) is 3.57. The molecule has 0 aliphatic carbocycles. The number of hydrogen-bond donors (Lipinski definition) is 3. The van der Waals surface area contributed by atoms with Crippen LogP contribution in [0.2, 0.25) is 0 Å². The van der Waals surface area contributed by atoms with Gasteiger partial charge in [-0.3, -0.25) is 4.79 Å². The lowest BCUT2D eigenvalue weighted by Gasteiger charge is -2.20. The molecule has 1 atom stereocenters. The fourth-order valence-electron chi connectivity index (χ4n) is 1.20. The lowest BCUT2D eigenvalue weighted by molar-refractivity contribution is 0.0906. The molecule has 84 valence electrons. The maximum atomic E-state index is 11.5. The Hall–Kier alpha value is -1.50. The number of carbonyl (C=O) groups is 1. The van der Waals surface area contributed by atoms with Crippen LogP contribution < -0.4 is 5.32 Å². The monoisotopic (exact) mass is 213 g/mol. The number of carbonyl (C=O) groups excluding carboxylic acids is 1. The van der Waals surface area contributed by atoms with Crippen LogP contribution in [0.1, 0.15) is 30.9 Å². The lowest BCUT2D eigenvalue weighted by atomic mass is 10.0. The van der Waals surface area contributed by atoms with E-state index in [1.165, 1.54) is 0 Å². The van der Waals surface area contributed by atoms with Gasteiger partial charge in [0.05, 0.1) is 0 Å². The molecule has 1 unspecified atom stereocenters. The van der Waals surface area contributed by atoms with E-state index in [4.69, 9.17) is 5.11 Å². The van der Waals surface area contributed by atoms with Crippen molar-refractivity contribution in [2.45, 2.75) is 26.3 Å². The Labute approximate surface area is 87.3 Å². The predicted octanol–water partition coefficient (Wildman–Crippen LogP) is -0.663. The lowest BCUT2D eigenvalue weighted by Crippen LogP contribution is -2.39. The maximum absolute atomic E-state index is 11.5. The molecular weight excluding hydrogens is 198 g/mol. The molecule has 0 aliphatic rings. The van der Waals surface area contributed by atoms with Gasteiger partial charge in [0, 0.05) is 12.6 Å². The van der Waals surface area contributed by atoms with Crippen molar-refractivity contribution in [2.24, 2.45) is 5.92 Å². The molecule has 0 aromatic carbocycles. The van der Waals surface area contributed by atoms with Crippen molar-refractivity contribution in [3.05, 3.63) is 5.82 Å². The van der Waals surface area contributed by atoms with Gasteiger partial charge >= 0.3 is 0 Å². The van der Waals surface area contributed by atoms with Crippen LogP contribution in [0.3, 0.4) is 0 Å². The Bertz CT molecular complexity index is 298. The number of aromatic amines is 1. The molecule has 0 spiro atoms. The highest BCUT2D eigenvalue weighted by Crippen LogP contribution is 2.05. The van der Waals surface area contributed by atoms with Crippen molar-refractivity contribution < 1.29 is 9.90 Å². The first kappa shape index (κ1) is 11.6. The van der Waals surface area contributed by atoms with E-state index in [0.29, 0.717) is 6.42 Å². The topological polar surface area (TPSA) is 104 Å². The molecule has 15 heavy (non-hydrogen) atoms. The molecule has 1 aromatic rings. The van der Waals surface area contributed by atoms with Gasteiger partial charge in [0.2, 0.25) is 0 Å². The Balaban J connectivity index is 2.55. The van der Waals surface area contributed by atoms with Crippen LogP contribution >= 0.6 is 0 Å². The third-order valence-corrected chi connectivity index (χ3v) is 2.11. The minimum absolute atomic E-state index is 0.0126. The number of amides is 1. The van der Waals surface area contributed by atoms with Gasteiger partial charge in [-0.1, -0.05) is 13.8 Å². The van der Waals surface area contributed by atoms with E-state index >= 15 is 0 Å². The van der Waals surface area contributed by atoms with Gasteiger partial charge in [0.15, 0.2) is 0 Å². The van der Waals surface area contributed by atoms with E-state index in [-0.39, 0.29) is 30.3 Å². The third kappa shape index (κ3) is 3.28. The highest BCUT2D eigenvalue weighted by Gasteiger charge is 2.18. The molecule has 3 N–H and O–H groups in total. The second kappa shape index (κ2) is 5.40. The van der Waals surface area contributed by atoms with Gasteiger partial charge in [-0.15, -0.1) is 10.2 Å². The fourth-order valence-corrected chi connectivity index (χ4v) is 1.20. The van der Waals surface area contributed by atoms with Crippen molar-refractivity contribution in [1.29, 1.82) is 0 Å². The first-order valence-corrected chi connectivity index (χ1v) is 4.80. The van der Waals surface area contributed by atoms with Gasteiger partial charge in [-0.25, -0.2) is 0 Å². The van der Waals surface area contributed by atoms with Gasteiger partial charge in [-0.2, -0.15) is 5.21 Å². The van der Waals surface area contributed by atoms with E-state index < -0.39 is 0 Å². The number of rotatable bonds is 5. The normalized spacial score (nSPS) is 12.8. The molecule has 0 saturated heterocycles. The summed E-state index contributed by atoms with van der Waals surface area (Å²) in [7, 11) is 0. The Kier molecular flexibility index (Phi) is 4.17. The summed E-state index contributed by atoms with van der Waals surface area (Å²) >= 11 is 0. The predicted molar refractivity (Wildman–Crippen MR) is 52.0 cm³/mol. The van der Waals surface area contributed by atoms with Crippen molar-refractivity contribution in [1.82, 2.24) is 25.9 Å². The van der Waals surface area contributed by atoms with E-state index in [2.05, 4.69) is 25.9 Å². The van der Waals surface area contributed by atoms with E-state index in [1.54, 1.807) is 0 Å². The molecule has 1 heterocycles. The molecule has 1 rings (SSSR count).